The fraction of sp³-hybridized carbons (Fsp3) is 0.200. The minimum absolute atomic E-state index is 0.172. The number of pyridine rings is 1. The molecule has 0 radical (unpaired) electrons. The van der Waals surface area contributed by atoms with Crippen molar-refractivity contribution in [1.82, 2.24) is 15.2 Å². The summed E-state index contributed by atoms with van der Waals surface area (Å²) < 4.78 is 24.0. The van der Waals surface area contributed by atoms with Gasteiger partial charge in [0.1, 0.15) is 11.3 Å². The highest BCUT2D eigenvalue weighted by atomic mass is 35.5. The molecular weight excluding hydrogens is 325 g/mol. The molecule has 8 heteroatoms. The average Bonchev–Trinajstić information content (AvgIpc) is 2.95. The number of carbonyl (C=O) groups is 1. The van der Waals surface area contributed by atoms with Crippen LogP contribution in [0.1, 0.15) is 29.1 Å². The van der Waals surface area contributed by atoms with E-state index in [2.05, 4.69) is 15.2 Å². The second-order valence-corrected chi connectivity index (χ2v) is 5.14. The molecule has 1 aromatic carbocycles. The minimum Gasteiger partial charge on any atom is -0.459 e. The maximum absolute atomic E-state index is 14.1. The number of esters is 1. The Hall–Kier alpha value is -2.54. The first kappa shape index (κ1) is 15.4. The zero-order valence-corrected chi connectivity index (χ0v) is 12.8. The van der Waals surface area contributed by atoms with Gasteiger partial charge in [-0.05, 0) is 30.7 Å². The number of nitrogens with zero attached hydrogens (tertiary/aromatic N) is 3. The van der Waals surface area contributed by atoms with Crippen LogP contribution in [-0.2, 0) is 11.2 Å². The van der Waals surface area contributed by atoms with Crippen molar-refractivity contribution in [3.05, 3.63) is 52.6 Å². The highest BCUT2D eigenvalue weighted by molar-refractivity contribution is 6.31. The first-order valence-corrected chi connectivity index (χ1v) is 7.18. The Morgan fingerprint density at radius 1 is 1.35 bits per heavy atom. The number of aromatic nitrogens is 3. The molecule has 3 aromatic rings. The molecular formula is C15H11ClFN3O3. The summed E-state index contributed by atoms with van der Waals surface area (Å²) in [5.74, 6) is -1.21. The van der Waals surface area contributed by atoms with Crippen molar-refractivity contribution in [1.29, 1.82) is 0 Å². The molecule has 0 saturated heterocycles. The van der Waals surface area contributed by atoms with E-state index in [0.29, 0.717) is 16.0 Å². The number of benzene rings is 1. The zero-order chi connectivity index (χ0) is 16.4. The monoisotopic (exact) mass is 335 g/mol. The number of fused-ring (bicyclic) bond motifs is 1. The normalized spacial score (nSPS) is 10.9. The fourth-order valence-electron chi connectivity index (χ4n) is 2.11. The summed E-state index contributed by atoms with van der Waals surface area (Å²) in [4.78, 5) is 15.4. The van der Waals surface area contributed by atoms with Crippen LogP contribution < -0.4 is 0 Å². The van der Waals surface area contributed by atoms with Gasteiger partial charge in [0.2, 0.25) is 5.89 Å². The van der Waals surface area contributed by atoms with E-state index in [1.54, 1.807) is 19.1 Å². The van der Waals surface area contributed by atoms with Gasteiger partial charge in [0.25, 0.3) is 0 Å². The third kappa shape index (κ3) is 3.29. The summed E-state index contributed by atoms with van der Waals surface area (Å²) in [5.41, 5.74) is 0.828. The Balaban J connectivity index is 1.88. The lowest BCUT2D eigenvalue weighted by Gasteiger charge is -2.03. The summed E-state index contributed by atoms with van der Waals surface area (Å²) >= 11 is 5.87. The largest absolute Gasteiger partial charge is 0.459 e. The van der Waals surface area contributed by atoms with Crippen molar-refractivity contribution in [2.45, 2.75) is 13.3 Å². The molecule has 118 valence electrons. The van der Waals surface area contributed by atoms with Gasteiger partial charge in [-0.1, -0.05) is 11.6 Å². The van der Waals surface area contributed by atoms with Crippen LogP contribution in [0.5, 0.6) is 0 Å². The smallest absolute Gasteiger partial charge is 0.396 e. The maximum atomic E-state index is 14.1. The molecule has 0 saturated carbocycles. The van der Waals surface area contributed by atoms with Crippen molar-refractivity contribution in [2.24, 2.45) is 0 Å². The molecule has 0 atom stereocenters. The molecule has 23 heavy (non-hydrogen) atoms. The predicted molar refractivity (Wildman–Crippen MR) is 79.8 cm³/mol. The fourth-order valence-corrected chi connectivity index (χ4v) is 2.28. The minimum atomic E-state index is -0.688. The Labute approximate surface area is 135 Å². The van der Waals surface area contributed by atoms with Crippen LogP contribution in [0.15, 0.2) is 28.8 Å². The summed E-state index contributed by atoms with van der Waals surface area (Å²) in [5, 5.41) is 8.35. The van der Waals surface area contributed by atoms with E-state index in [4.69, 9.17) is 20.8 Å². The van der Waals surface area contributed by atoms with Crippen LogP contribution in [0.4, 0.5) is 4.39 Å². The molecule has 0 aliphatic carbocycles. The van der Waals surface area contributed by atoms with Crippen LogP contribution >= 0.6 is 11.6 Å². The Bertz CT molecular complexity index is 882. The molecule has 0 spiro atoms. The van der Waals surface area contributed by atoms with Crippen molar-refractivity contribution in [3.63, 3.8) is 0 Å². The summed E-state index contributed by atoms with van der Waals surface area (Å²) in [7, 11) is 0. The van der Waals surface area contributed by atoms with Crippen molar-refractivity contribution in [3.8, 4) is 0 Å². The van der Waals surface area contributed by atoms with Gasteiger partial charge >= 0.3 is 11.9 Å². The van der Waals surface area contributed by atoms with Crippen LogP contribution in [0.3, 0.4) is 0 Å². The molecule has 0 amide bonds. The Kier molecular flexibility index (Phi) is 4.20. The first-order chi connectivity index (χ1) is 11.1. The molecule has 3 rings (SSSR count). The quantitative estimate of drug-likeness (QED) is 0.681. The molecule has 0 unspecified atom stereocenters. The van der Waals surface area contributed by atoms with Crippen LogP contribution in [-0.4, -0.2) is 27.8 Å². The summed E-state index contributed by atoms with van der Waals surface area (Å²) in [6.45, 7) is 1.88. The Morgan fingerprint density at radius 3 is 2.96 bits per heavy atom. The molecule has 0 aliphatic rings. The SMILES string of the molecule is CCOC(=O)c1nnc(Cc2cc(F)c3ncc(Cl)cc3c2)o1. The van der Waals surface area contributed by atoms with E-state index < -0.39 is 11.8 Å². The van der Waals surface area contributed by atoms with Crippen LogP contribution in [0.2, 0.25) is 5.02 Å². The van der Waals surface area contributed by atoms with E-state index in [0.717, 1.165) is 0 Å². The molecule has 2 aromatic heterocycles. The first-order valence-electron chi connectivity index (χ1n) is 6.80. The zero-order valence-electron chi connectivity index (χ0n) is 12.0. The van der Waals surface area contributed by atoms with E-state index in [9.17, 15) is 9.18 Å². The lowest BCUT2D eigenvalue weighted by molar-refractivity contribution is 0.0479. The summed E-state index contributed by atoms with van der Waals surface area (Å²) in [6.07, 6.45) is 1.56. The van der Waals surface area contributed by atoms with Crippen LogP contribution in [0, 0.1) is 5.82 Å². The lowest BCUT2D eigenvalue weighted by Crippen LogP contribution is -2.04. The van der Waals surface area contributed by atoms with Gasteiger partial charge in [-0.3, -0.25) is 4.98 Å². The Morgan fingerprint density at radius 2 is 2.17 bits per heavy atom. The van der Waals surface area contributed by atoms with E-state index in [1.807, 2.05) is 0 Å². The topological polar surface area (TPSA) is 78.1 Å². The molecule has 2 heterocycles. The van der Waals surface area contributed by atoms with Gasteiger partial charge in [0.05, 0.1) is 18.1 Å². The van der Waals surface area contributed by atoms with Gasteiger partial charge < -0.3 is 9.15 Å². The number of ether oxygens (including phenoxy) is 1. The average molecular weight is 336 g/mol. The van der Waals surface area contributed by atoms with Crippen molar-refractivity contribution in [2.75, 3.05) is 6.61 Å². The van der Waals surface area contributed by atoms with E-state index >= 15 is 0 Å². The van der Waals surface area contributed by atoms with Crippen molar-refractivity contribution >= 4 is 28.5 Å². The standard InChI is InChI=1S/C15H11ClFN3O3/c1-2-22-15(21)14-20-19-12(23-14)5-8-3-9-6-10(16)7-18-13(9)11(17)4-8/h3-4,6-7H,2,5H2,1H3. The van der Waals surface area contributed by atoms with E-state index in [1.165, 1.54) is 12.3 Å². The third-order valence-electron chi connectivity index (χ3n) is 3.04. The highest BCUT2D eigenvalue weighted by Gasteiger charge is 2.16. The molecule has 6 nitrogen and oxygen atoms in total. The molecule has 0 fully saturated rings. The highest BCUT2D eigenvalue weighted by Crippen LogP contribution is 2.22. The summed E-state index contributed by atoms with van der Waals surface area (Å²) in [6, 6.07) is 4.68. The van der Waals surface area contributed by atoms with Gasteiger partial charge in [0, 0.05) is 11.6 Å². The number of hydrogen-bond acceptors (Lipinski definition) is 6. The predicted octanol–water partition coefficient (Wildman–Crippen LogP) is 3.18. The van der Waals surface area contributed by atoms with Gasteiger partial charge in [-0.2, -0.15) is 0 Å². The maximum Gasteiger partial charge on any atom is 0.396 e. The van der Waals surface area contributed by atoms with E-state index in [-0.39, 0.29) is 30.3 Å². The number of rotatable bonds is 4. The van der Waals surface area contributed by atoms with Gasteiger partial charge in [-0.15, -0.1) is 10.2 Å². The van der Waals surface area contributed by atoms with Gasteiger partial charge in [-0.25, -0.2) is 9.18 Å². The second-order valence-electron chi connectivity index (χ2n) is 4.70. The number of hydrogen-bond donors (Lipinski definition) is 0. The number of carbonyl (C=O) groups excluding carboxylic acids is 1. The second kappa shape index (κ2) is 6.29. The van der Waals surface area contributed by atoms with Crippen molar-refractivity contribution < 1.29 is 18.3 Å². The van der Waals surface area contributed by atoms with Crippen LogP contribution in [0.25, 0.3) is 10.9 Å². The van der Waals surface area contributed by atoms with Gasteiger partial charge in [0.15, 0.2) is 0 Å². The molecule has 0 aliphatic heterocycles. The third-order valence-corrected chi connectivity index (χ3v) is 3.24. The molecule has 0 bridgehead atoms. The lowest BCUT2D eigenvalue weighted by atomic mass is 10.1. The molecule has 0 N–H and O–H groups in total. The number of halogens is 2.